The van der Waals surface area contributed by atoms with Gasteiger partial charge in [-0.15, -0.1) is 0 Å². The van der Waals surface area contributed by atoms with Crippen LogP contribution in [0.25, 0.3) is 10.8 Å². The van der Waals surface area contributed by atoms with E-state index in [9.17, 15) is 4.79 Å². The van der Waals surface area contributed by atoms with E-state index in [1.54, 1.807) is 0 Å². The molecule has 0 fully saturated rings. The summed E-state index contributed by atoms with van der Waals surface area (Å²) in [6.07, 6.45) is 12.2. The number of carbonyl (C=O) groups is 1. The van der Waals surface area contributed by atoms with Gasteiger partial charge in [0, 0.05) is 6.42 Å². The fourth-order valence-corrected chi connectivity index (χ4v) is 3.47. The number of unbranched alkanes of at least 4 members (excludes halogenated alkanes) is 8. The first kappa shape index (κ1) is 20.5. The number of hydrogen-bond acceptors (Lipinski definition) is 1. The Kier molecular flexibility index (Phi) is 9.23. The summed E-state index contributed by atoms with van der Waals surface area (Å²) in [6, 6.07) is 14.8. The van der Waals surface area contributed by atoms with Crippen molar-refractivity contribution < 1.29 is 4.79 Å². The van der Waals surface area contributed by atoms with E-state index in [4.69, 9.17) is 0 Å². The molecule has 26 heavy (non-hydrogen) atoms. The molecule has 0 heterocycles. The molecule has 2 aromatic rings. The lowest BCUT2D eigenvalue weighted by atomic mass is 10.0. The summed E-state index contributed by atoms with van der Waals surface area (Å²) in [5.41, 5.74) is 1.17. The number of fused-ring (bicyclic) bond motifs is 1. The highest BCUT2D eigenvalue weighted by molar-refractivity contribution is 5.83. The van der Waals surface area contributed by atoms with Crippen molar-refractivity contribution in [1.82, 2.24) is 5.32 Å². The normalized spacial score (nSPS) is 12.2. The van der Waals surface area contributed by atoms with Crippen LogP contribution in [0.2, 0.25) is 0 Å². The maximum absolute atomic E-state index is 12.2. The molecule has 0 aliphatic heterocycles. The van der Waals surface area contributed by atoms with Gasteiger partial charge in [0.25, 0.3) is 0 Å². The molecule has 0 radical (unpaired) electrons. The minimum Gasteiger partial charge on any atom is -0.350 e. The second kappa shape index (κ2) is 11.7. The third kappa shape index (κ3) is 7.19. The molecule has 0 aromatic heterocycles. The molecule has 0 saturated heterocycles. The number of carbonyl (C=O) groups excluding carboxylic acids is 1. The molecular formula is C24H35NO. The van der Waals surface area contributed by atoms with Crippen molar-refractivity contribution in [2.75, 3.05) is 0 Å². The summed E-state index contributed by atoms with van der Waals surface area (Å²) in [4.78, 5) is 12.2. The van der Waals surface area contributed by atoms with Gasteiger partial charge in [-0.1, -0.05) is 94.7 Å². The molecule has 0 spiro atoms. The molecule has 0 saturated carbocycles. The summed E-state index contributed by atoms with van der Waals surface area (Å²) in [5.74, 6) is 0.175. The minimum atomic E-state index is 0.0608. The number of nitrogens with one attached hydrogen (secondary N) is 1. The molecule has 0 aliphatic rings. The zero-order chi connectivity index (χ0) is 18.6. The summed E-state index contributed by atoms with van der Waals surface area (Å²) in [6.45, 7) is 4.32. The quantitative estimate of drug-likeness (QED) is 0.411. The minimum absolute atomic E-state index is 0.0608. The molecule has 2 aromatic carbocycles. The highest BCUT2D eigenvalue weighted by atomic mass is 16.1. The molecule has 2 heteroatoms. The molecular weight excluding hydrogens is 318 g/mol. The molecule has 1 atom stereocenters. The Morgan fingerprint density at radius 3 is 2.15 bits per heavy atom. The predicted molar refractivity (Wildman–Crippen MR) is 112 cm³/mol. The third-order valence-corrected chi connectivity index (χ3v) is 5.16. The maximum atomic E-state index is 12.2. The second-order valence-electron chi connectivity index (χ2n) is 7.47. The summed E-state index contributed by atoms with van der Waals surface area (Å²) < 4.78 is 0. The first-order valence-electron chi connectivity index (χ1n) is 10.5. The zero-order valence-corrected chi connectivity index (χ0v) is 16.6. The van der Waals surface area contributed by atoms with Crippen molar-refractivity contribution in [3.63, 3.8) is 0 Å². The van der Waals surface area contributed by atoms with Crippen LogP contribution in [0.3, 0.4) is 0 Å². The Labute approximate surface area is 159 Å². The largest absolute Gasteiger partial charge is 0.350 e. The number of rotatable bonds is 12. The standard InChI is InChI=1S/C24H35NO/c1-3-4-5-6-7-8-9-10-11-16-24(26)25-20(2)22-18-17-21-14-12-13-15-23(21)19-22/h12-15,17-20H,3-11,16H2,1-2H3,(H,25,26)/t20-/m1/s1. The third-order valence-electron chi connectivity index (χ3n) is 5.16. The number of amides is 1. The maximum Gasteiger partial charge on any atom is 0.220 e. The van der Waals surface area contributed by atoms with Crippen molar-refractivity contribution in [2.24, 2.45) is 0 Å². The first-order chi connectivity index (χ1) is 12.7. The molecule has 142 valence electrons. The van der Waals surface area contributed by atoms with Gasteiger partial charge < -0.3 is 5.32 Å². The fourth-order valence-electron chi connectivity index (χ4n) is 3.47. The Bertz CT molecular complexity index is 664. The molecule has 2 nitrogen and oxygen atoms in total. The van der Waals surface area contributed by atoms with E-state index in [1.807, 2.05) is 0 Å². The number of hydrogen-bond donors (Lipinski definition) is 1. The Balaban J connectivity index is 1.62. The van der Waals surface area contributed by atoms with Crippen LogP contribution in [0.5, 0.6) is 0 Å². The molecule has 0 bridgehead atoms. The van der Waals surface area contributed by atoms with Crippen LogP contribution in [-0.4, -0.2) is 5.91 Å². The van der Waals surface area contributed by atoms with Crippen molar-refractivity contribution in [3.8, 4) is 0 Å². The Hall–Kier alpha value is -1.83. The van der Waals surface area contributed by atoms with E-state index in [-0.39, 0.29) is 11.9 Å². The van der Waals surface area contributed by atoms with Gasteiger partial charge in [-0.3, -0.25) is 4.79 Å². The van der Waals surface area contributed by atoms with Gasteiger partial charge in [0.2, 0.25) is 5.91 Å². The lowest BCUT2D eigenvalue weighted by molar-refractivity contribution is -0.121. The van der Waals surface area contributed by atoms with Crippen molar-refractivity contribution in [1.29, 1.82) is 0 Å². The van der Waals surface area contributed by atoms with Crippen LogP contribution in [0.15, 0.2) is 42.5 Å². The number of benzene rings is 2. The van der Waals surface area contributed by atoms with Crippen LogP contribution in [0.1, 0.15) is 89.7 Å². The fraction of sp³-hybridized carbons (Fsp3) is 0.542. The lowest BCUT2D eigenvalue weighted by Crippen LogP contribution is -2.26. The second-order valence-corrected chi connectivity index (χ2v) is 7.47. The Morgan fingerprint density at radius 1 is 0.846 bits per heavy atom. The van der Waals surface area contributed by atoms with Crippen molar-refractivity contribution >= 4 is 16.7 Å². The van der Waals surface area contributed by atoms with Crippen LogP contribution in [0.4, 0.5) is 0 Å². The van der Waals surface area contributed by atoms with E-state index >= 15 is 0 Å². The van der Waals surface area contributed by atoms with E-state index < -0.39 is 0 Å². The SMILES string of the molecule is CCCCCCCCCCCC(=O)N[C@H](C)c1ccc2ccccc2c1. The van der Waals surface area contributed by atoms with Gasteiger partial charge in [-0.2, -0.15) is 0 Å². The monoisotopic (exact) mass is 353 g/mol. The van der Waals surface area contributed by atoms with Gasteiger partial charge in [0.1, 0.15) is 0 Å². The van der Waals surface area contributed by atoms with Gasteiger partial charge in [-0.05, 0) is 35.7 Å². The summed E-state index contributed by atoms with van der Waals surface area (Å²) >= 11 is 0. The molecule has 0 unspecified atom stereocenters. The van der Waals surface area contributed by atoms with Gasteiger partial charge in [0.15, 0.2) is 0 Å². The molecule has 1 amide bonds. The molecule has 0 aliphatic carbocycles. The first-order valence-corrected chi connectivity index (χ1v) is 10.5. The topological polar surface area (TPSA) is 29.1 Å². The van der Waals surface area contributed by atoms with Crippen LogP contribution in [-0.2, 0) is 4.79 Å². The molecule has 1 N–H and O–H groups in total. The summed E-state index contributed by atoms with van der Waals surface area (Å²) in [7, 11) is 0. The van der Waals surface area contributed by atoms with E-state index in [0.717, 1.165) is 6.42 Å². The molecule has 2 rings (SSSR count). The highest BCUT2D eigenvalue weighted by Gasteiger charge is 2.09. The highest BCUT2D eigenvalue weighted by Crippen LogP contribution is 2.20. The van der Waals surface area contributed by atoms with Gasteiger partial charge in [-0.25, -0.2) is 0 Å². The van der Waals surface area contributed by atoms with Crippen molar-refractivity contribution in [3.05, 3.63) is 48.0 Å². The van der Waals surface area contributed by atoms with E-state index in [1.165, 1.54) is 67.7 Å². The average Bonchev–Trinajstić information content (AvgIpc) is 2.66. The van der Waals surface area contributed by atoms with Crippen LogP contribution >= 0.6 is 0 Å². The van der Waals surface area contributed by atoms with Gasteiger partial charge in [0.05, 0.1) is 6.04 Å². The smallest absolute Gasteiger partial charge is 0.220 e. The average molecular weight is 354 g/mol. The van der Waals surface area contributed by atoms with Crippen molar-refractivity contribution in [2.45, 2.75) is 84.1 Å². The van der Waals surface area contributed by atoms with E-state index in [0.29, 0.717) is 6.42 Å². The van der Waals surface area contributed by atoms with Crippen LogP contribution in [0, 0.1) is 0 Å². The Morgan fingerprint density at radius 2 is 1.46 bits per heavy atom. The van der Waals surface area contributed by atoms with Crippen LogP contribution < -0.4 is 5.32 Å². The zero-order valence-electron chi connectivity index (χ0n) is 16.6. The summed E-state index contributed by atoms with van der Waals surface area (Å²) in [5, 5.41) is 5.61. The predicted octanol–water partition coefficient (Wildman–Crippen LogP) is 6.94. The van der Waals surface area contributed by atoms with E-state index in [2.05, 4.69) is 61.6 Å². The lowest BCUT2D eigenvalue weighted by Gasteiger charge is -2.15. The van der Waals surface area contributed by atoms with Gasteiger partial charge >= 0.3 is 0 Å².